The number of piperazine rings is 1. The summed E-state index contributed by atoms with van der Waals surface area (Å²) in [6.45, 7) is 12.9. The van der Waals surface area contributed by atoms with E-state index in [1.54, 1.807) is 23.2 Å². The van der Waals surface area contributed by atoms with Crippen LogP contribution in [0.1, 0.15) is 20.8 Å². The minimum atomic E-state index is -1.95. The molecule has 1 aliphatic heterocycles. The van der Waals surface area contributed by atoms with E-state index in [-0.39, 0.29) is 11.1 Å². The molecule has 1 aromatic carbocycles. The quantitative estimate of drug-likeness (QED) is 0.662. The summed E-state index contributed by atoms with van der Waals surface area (Å²) < 4.78 is 32.8. The molecule has 2 aromatic rings. The van der Waals surface area contributed by atoms with Crippen LogP contribution in [0.4, 0.5) is 25.1 Å². The van der Waals surface area contributed by atoms with Crippen molar-refractivity contribution in [3.05, 3.63) is 48.2 Å². The maximum absolute atomic E-state index is 13.5. The van der Waals surface area contributed by atoms with Crippen molar-refractivity contribution in [3.63, 3.8) is 0 Å². The van der Waals surface area contributed by atoms with Gasteiger partial charge >= 0.3 is 6.03 Å². The van der Waals surface area contributed by atoms with Crippen LogP contribution in [-0.4, -0.2) is 50.4 Å². The second kappa shape index (κ2) is 8.82. The average Bonchev–Trinajstić information content (AvgIpc) is 2.70. The van der Waals surface area contributed by atoms with Gasteiger partial charge in [-0.3, -0.25) is 5.32 Å². The Kier molecular flexibility index (Phi) is 6.54. The molecule has 9 heteroatoms. The molecule has 1 aliphatic rings. The van der Waals surface area contributed by atoms with Crippen LogP contribution in [0.3, 0.4) is 0 Å². The Morgan fingerprint density at radius 3 is 2.29 bits per heavy atom. The van der Waals surface area contributed by atoms with Crippen LogP contribution in [0, 0.1) is 11.6 Å². The topological polar surface area (TPSA) is 57.7 Å². The summed E-state index contributed by atoms with van der Waals surface area (Å²) in [6.07, 6.45) is 1.64. The summed E-state index contributed by atoms with van der Waals surface area (Å²) in [5.74, 6) is -0.583. The minimum absolute atomic E-state index is 0.0850. The van der Waals surface area contributed by atoms with Crippen molar-refractivity contribution in [2.45, 2.75) is 38.9 Å². The second-order valence-electron chi connectivity index (χ2n) is 9.24. The van der Waals surface area contributed by atoms with Crippen molar-refractivity contribution in [2.75, 3.05) is 36.4 Å². The zero-order valence-corrected chi connectivity index (χ0v) is 19.7. The number of urea groups is 1. The molecule has 1 N–H and O–H groups in total. The van der Waals surface area contributed by atoms with Crippen LogP contribution in [-0.2, 0) is 0 Å². The van der Waals surface area contributed by atoms with Crippen LogP contribution in [0.2, 0.25) is 18.1 Å². The zero-order valence-electron chi connectivity index (χ0n) is 18.7. The van der Waals surface area contributed by atoms with E-state index < -0.39 is 20.0 Å². The van der Waals surface area contributed by atoms with Gasteiger partial charge in [0.05, 0.1) is 6.20 Å². The number of pyridine rings is 1. The summed E-state index contributed by atoms with van der Waals surface area (Å²) in [6, 6.07) is 7.17. The van der Waals surface area contributed by atoms with Gasteiger partial charge in [0.1, 0.15) is 11.6 Å². The average molecular weight is 449 g/mol. The molecule has 0 atom stereocenters. The predicted molar refractivity (Wildman–Crippen MR) is 121 cm³/mol. The van der Waals surface area contributed by atoms with Gasteiger partial charge in [-0.1, -0.05) is 20.8 Å². The van der Waals surface area contributed by atoms with Crippen LogP contribution in [0.5, 0.6) is 5.75 Å². The first-order valence-electron chi connectivity index (χ1n) is 10.4. The number of halogens is 2. The highest BCUT2D eigenvalue weighted by molar-refractivity contribution is 6.74. The number of nitrogens with one attached hydrogen (secondary N) is 1. The van der Waals surface area contributed by atoms with E-state index in [9.17, 15) is 13.6 Å². The fourth-order valence-electron chi connectivity index (χ4n) is 3.00. The number of carbonyl (C=O) groups excluding carboxylic acids is 1. The van der Waals surface area contributed by atoms with Crippen molar-refractivity contribution < 1.29 is 18.0 Å². The smallest absolute Gasteiger partial charge is 0.323 e. The van der Waals surface area contributed by atoms with Gasteiger partial charge in [0.2, 0.25) is 0 Å². The molecule has 0 spiro atoms. The lowest BCUT2D eigenvalue weighted by molar-refractivity contribution is 0.208. The minimum Gasteiger partial charge on any atom is -0.542 e. The third kappa shape index (κ3) is 5.52. The molecule has 2 amide bonds. The van der Waals surface area contributed by atoms with Gasteiger partial charge < -0.3 is 14.2 Å². The first-order valence-corrected chi connectivity index (χ1v) is 13.3. The summed E-state index contributed by atoms with van der Waals surface area (Å²) in [5.41, 5.74) is 0.609. The predicted octanol–water partition coefficient (Wildman–Crippen LogP) is 5.10. The van der Waals surface area contributed by atoms with Gasteiger partial charge in [-0.05, 0) is 42.4 Å². The van der Waals surface area contributed by atoms with E-state index >= 15 is 0 Å². The van der Waals surface area contributed by atoms with E-state index in [1.807, 2.05) is 11.0 Å². The number of benzene rings is 1. The second-order valence-corrected chi connectivity index (χ2v) is 14.0. The molecular weight excluding hydrogens is 418 g/mol. The largest absolute Gasteiger partial charge is 0.542 e. The molecule has 6 nitrogen and oxygen atoms in total. The third-order valence-electron chi connectivity index (χ3n) is 5.99. The van der Waals surface area contributed by atoms with Crippen LogP contribution < -0.4 is 14.6 Å². The van der Waals surface area contributed by atoms with Crippen LogP contribution in [0.25, 0.3) is 0 Å². The Balaban J connectivity index is 1.53. The first-order chi connectivity index (χ1) is 14.5. The molecule has 1 fully saturated rings. The van der Waals surface area contributed by atoms with E-state index in [0.717, 1.165) is 6.07 Å². The van der Waals surface area contributed by atoms with Crippen molar-refractivity contribution in [1.29, 1.82) is 0 Å². The molecule has 0 radical (unpaired) electrons. The van der Waals surface area contributed by atoms with E-state index in [0.29, 0.717) is 43.4 Å². The van der Waals surface area contributed by atoms with Crippen molar-refractivity contribution in [3.8, 4) is 5.75 Å². The number of aromatic nitrogens is 1. The number of anilines is 2. The number of carbonyl (C=O) groups is 1. The van der Waals surface area contributed by atoms with Gasteiger partial charge in [-0.25, -0.2) is 18.6 Å². The summed E-state index contributed by atoms with van der Waals surface area (Å²) >= 11 is 0. The Morgan fingerprint density at radius 1 is 1.06 bits per heavy atom. The molecule has 1 aromatic heterocycles. The Labute approximate surface area is 183 Å². The molecule has 168 valence electrons. The molecule has 3 rings (SSSR count). The highest BCUT2D eigenvalue weighted by Crippen LogP contribution is 2.37. The molecular formula is C22H30F2N4O2Si. The number of rotatable bonds is 4. The van der Waals surface area contributed by atoms with Gasteiger partial charge in [0, 0.05) is 37.9 Å². The third-order valence-corrected chi connectivity index (χ3v) is 10.3. The molecule has 2 heterocycles. The number of amides is 2. The van der Waals surface area contributed by atoms with Crippen molar-refractivity contribution >= 4 is 25.9 Å². The Hall–Kier alpha value is -2.68. The lowest BCUT2D eigenvalue weighted by Gasteiger charge is -2.36. The maximum atomic E-state index is 13.5. The van der Waals surface area contributed by atoms with Gasteiger partial charge in [0.25, 0.3) is 8.32 Å². The number of nitrogens with zero attached hydrogens (tertiary/aromatic N) is 3. The summed E-state index contributed by atoms with van der Waals surface area (Å²) in [4.78, 5) is 20.5. The van der Waals surface area contributed by atoms with E-state index in [4.69, 9.17) is 4.43 Å². The van der Waals surface area contributed by atoms with Crippen molar-refractivity contribution in [2.24, 2.45) is 0 Å². The van der Waals surface area contributed by atoms with Gasteiger partial charge in [-0.2, -0.15) is 0 Å². The van der Waals surface area contributed by atoms with Crippen molar-refractivity contribution in [1.82, 2.24) is 9.88 Å². The first kappa shape index (κ1) is 23.0. The molecule has 31 heavy (non-hydrogen) atoms. The fraction of sp³-hybridized carbons (Fsp3) is 0.455. The molecule has 0 aliphatic carbocycles. The highest BCUT2D eigenvalue weighted by Gasteiger charge is 2.39. The molecule has 1 saturated heterocycles. The number of hydrogen-bond donors (Lipinski definition) is 1. The Bertz CT molecular complexity index is 924. The standard InChI is InChI=1S/C22H30F2N4O2Si/c1-22(2,3)31(4,5)30-17-7-9-20(25-15-17)26-21(29)28-12-10-27(11-13-28)16-6-8-18(23)19(24)14-16/h6-9,14-15H,10-13H2,1-5H3,(H,25,26,29). The summed E-state index contributed by atoms with van der Waals surface area (Å²) in [5, 5.41) is 2.89. The Morgan fingerprint density at radius 2 is 1.74 bits per heavy atom. The lowest BCUT2D eigenvalue weighted by atomic mass is 10.2. The maximum Gasteiger partial charge on any atom is 0.323 e. The highest BCUT2D eigenvalue weighted by atomic mass is 28.4. The molecule has 0 saturated carbocycles. The monoisotopic (exact) mass is 448 g/mol. The molecule has 0 bridgehead atoms. The zero-order chi connectivity index (χ0) is 22.8. The normalized spacial score (nSPS) is 15.1. The lowest BCUT2D eigenvalue weighted by Crippen LogP contribution is -2.50. The van der Waals surface area contributed by atoms with Crippen LogP contribution >= 0.6 is 0 Å². The van der Waals surface area contributed by atoms with E-state index in [1.165, 1.54) is 6.07 Å². The number of hydrogen-bond acceptors (Lipinski definition) is 4. The van der Waals surface area contributed by atoms with Crippen LogP contribution in [0.15, 0.2) is 36.5 Å². The molecule has 0 unspecified atom stereocenters. The van der Waals surface area contributed by atoms with Gasteiger partial charge in [-0.15, -0.1) is 0 Å². The van der Waals surface area contributed by atoms with E-state index in [2.05, 4.69) is 44.2 Å². The SMILES string of the molecule is CC(C)(C)[Si](C)(C)Oc1ccc(NC(=O)N2CCN(c3ccc(F)c(F)c3)CC2)nc1. The fourth-order valence-corrected chi connectivity index (χ4v) is 4.02. The summed E-state index contributed by atoms with van der Waals surface area (Å²) in [7, 11) is -1.95. The van der Waals surface area contributed by atoms with Gasteiger partial charge in [0.15, 0.2) is 11.6 Å².